The SMILES string of the molecule is Cc1c(NC(=O)C2(n3cccn3)CCNCC2)cccc1OCC(F)(F)F. The Kier molecular flexibility index (Phi) is 5.41. The molecule has 0 saturated carbocycles. The highest BCUT2D eigenvalue weighted by molar-refractivity contribution is 5.97. The number of carbonyl (C=O) groups is 1. The summed E-state index contributed by atoms with van der Waals surface area (Å²) in [6, 6.07) is 6.40. The molecule has 0 radical (unpaired) electrons. The Morgan fingerprint density at radius 2 is 2.07 bits per heavy atom. The first-order chi connectivity index (χ1) is 12.8. The molecule has 0 bridgehead atoms. The molecule has 1 aliphatic heterocycles. The predicted molar refractivity (Wildman–Crippen MR) is 93.7 cm³/mol. The third-order valence-electron chi connectivity index (χ3n) is 4.72. The van der Waals surface area contributed by atoms with Crippen LogP contribution in [0.15, 0.2) is 36.7 Å². The van der Waals surface area contributed by atoms with E-state index in [2.05, 4.69) is 15.7 Å². The van der Waals surface area contributed by atoms with Crippen molar-refractivity contribution in [3.63, 3.8) is 0 Å². The van der Waals surface area contributed by atoms with Gasteiger partial charge < -0.3 is 15.4 Å². The van der Waals surface area contributed by atoms with Gasteiger partial charge in [0.2, 0.25) is 0 Å². The molecule has 1 amide bonds. The normalized spacial score (nSPS) is 16.7. The summed E-state index contributed by atoms with van der Waals surface area (Å²) in [5.41, 5.74) is 0.0219. The number of hydrogen-bond donors (Lipinski definition) is 2. The van der Waals surface area contributed by atoms with Gasteiger partial charge in [0.25, 0.3) is 5.91 Å². The van der Waals surface area contributed by atoms with Crippen LogP contribution in [-0.2, 0) is 10.3 Å². The Labute approximate surface area is 154 Å². The standard InChI is InChI=1S/C18H21F3N4O2/c1-13-14(4-2-5-15(13)27-12-18(19,20)21)24-16(26)17(6-9-22-10-7-17)25-11-3-8-23-25/h2-5,8,11,22H,6-7,9-10,12H2,1H3,(H,24,26). The van der Waals surface area contributed by atoms with Gasteiger partial charge in [0.1, 0.15) is 11.3 Å². The van der Waals surface area contributed by atoms with Crippen LogP contribution in [0.4, 0.5) is 18.9 Å². The lowest BCUT2D eigenvalue weighted by Gasteiger charge is -2.36. The van der Waals surface area contributed by atoms with Crippen molar-refractivity contribution in [2.24, 2.45) is 0 Å². The van der Waals surface area contributed by atoms with Crippen molar-refractivity contribution in [2.45, 2.75) is 31.5 Å². The van der Waals surface area contributed by atoms with Crippen molar-refractivity contribution >= 4 is 11.6 Å². The number of nitrogens with one attached hydrogen (secondary N) is 2. The van der Waals surface area contributed by atoms with E-state index in [-0.39, 0.29) is 11.7 Å². The minimum absolute atomic E-state index is 0.0866. The number of amides is 1. The zero-order valence-electron chi connectivity index (χ0n) is 14.8. The topological polar surface area (TPSA) is 68.2 Å². The molecular weight excluding hydrogens is 361 g/mol. The fourth-order valence-corrected chi connectivity index (χ4v) is 3.23. The molecule has 2 aromatic rings. The molecular formula is C18H21F3N4O2. The smallest absolute Gasteiger partial charge is 0.422 e. The number of piperidine rings is 1. The maximum Gasteiger partial charge on any atom is 0.422 e. The molecule has 1 saturated heterocycles. The highest BCUT2D eigenvalue weighted by Crippen LogP contribution is 2.32. The largest absolute Gasteiger partial charge is 0.484 e. The summed E-state index contributed by atoms with van der Waals surface area (Å²) < 4.78 is 43.8. The molecule has 6 nitrogen and oxygen atoms in total. The molecule has 146 valence electrons. The first-order valence-electron chi connectivity index (χ1n) is 8.63. The van der Waals surface area contributed by atoms with Crippen molar-refractivity contribution in [3.05, 3.63) is 42.2 Å². The molecule has 9 heteroatoms. The number of anilines is 1. The molecule has 0 atom stereocenters. The fraction of sp³-hybridized carbons (Fsp3) is 0.444. The van der Waals surface area contributed by atoms with Gasteiger partial charge in [-0.15, -0.1) is 0 Å². The molecule has 2 heterocycles. The van der Waals surface area contributed by atoms with Crippen LogP contribution in [0.3, 0.4) is 0 Å². The first-order valence-corrected chi connectivity index (χ1v) is 8.63. The summed E-state index contributed by atoms with van der Waals surface area (Å²) in [7, 11) is 0. The molecule has 0 aliphatic carbocycles. The number of nitrogens with zero attached hydrogens (tertiary/aromatic N) is 2. The van der Waals surface area contributed by atoms with Gasteiger partial charge in [-0.2, -0.15) is 18.3 Å². The Hall–Kier alpha value is -2.55. The first kappa shape index (κ1) is 19.2. The summed E-state index contributed by atoms with van der Waals surface area (Å²) in [6.07, 6.45) is 0.0626. The molecule has 1 aromatic carbocycles. The summed E-state index contributed by atoms with van der Waals surface area (Å²) in [6.45, 7) is 1.57. The molecule has 27 heavy (non-hydrogen) atoms. The summed E-state index contributed by atoms with van der Waals surface area (Å²) in [5.74, 6) is -0.160. The highest BCUT2D eigenvalue weighted by Gasteiger charge is 2.42. The maximum atomic E-state index is 13.1. The van der Waals surface area contributed by atoms with E-state index < -0.39 is 18.3 Å². The number of carbonyl (C=O) groups excluding carboxylic acids is 1. The van der Waals surface area contributed by atoms with Gasteiger partial charge >= 0.3 is 6.18 Å². The van der Waals surface area contributed by atoms with Gasteiger partial charge in [0.15, 0.2) is 6.61 Å². The monoisotopic (exact) mass is 382 g/mol. The number of benzene rings is 1. The minimum atomic E-state index is -4.43. The number of halogens is 3. The zero-order valence-corrected chi connectivity index (χ0v) is 14.8. The molecule has 2 N–H and O–H groups in total. The van der Waals surface area contributed by atoms with Crippen molar-refractivity contribution in [2.75, 3.05) is 25.0 Å². The Morgan fingerprint density at radius 3 is 2.70 bits per heavy atom. The van der Waals surface area contributed by atoms with Gasteiger partial charge in [0.05, 0.1) is 0 Å². The third-order valence-corrected chi connectivity index (χ3v) is 4.72. The second-order valence-corrected chi connectivity index (χ2v) is 6.52. The number of alkyl halides is 3. The van der Waals surface area contributed by atoms with Crippen LogP contribution in [-0.4, -0.2) is 41.6 Å². The van der Waals surface area contributed by atoms with E-state index in [1.807, 2.05) is 0 Å². The average molecular weight is 382 g/mol. The van der Waals surface area contributed by atoms with E-state index in [4.69, 9.17) is 4.74 Å². The van der Waals surface area contributed by atoms with E-state index in [0.717, 1.165) is 0 Å². The molecule has 0 unspecified atom stereocenters. The lowest BCUT2D eigenvalue weighted by Crippen LogP contribution is -2.52. The van der Waals surface area contributed by atoms with Crippen LogP contribution in [0.5, 0.6) is 5.75 Å². The quantitative estimate of drug-likeness (QED) is 0.835. The summed E-state index contributed by atoms with van der Waals surface area (Å²) in [5, 5.41) is 10.3. The lowest BCUT2D eigenvalue weighted by atomic mass is 9.87. The van der Waals surface area contributed by atoms with Crippen LogP contribution in [0.2, 0.25) is 0 Å². The van der Waals surface area contributed by atoms with Crippen molar-refractivity contribution in [3.8, 4) is 5.75 Å². The van der Waals surface area contributed by atoms with Gasteiger partial charge in [0, 0.05) is 23.6 Å². The zero-order chi connectivity index (χ0) is 19.5. The number of ether oxygens (including phenoxy) is 1. The molecule has 1 aromatic heterocycles. The second kappa shape index (κ2) is 7.59. The van der Waals surface area contributed by atoms with E-state index in [9.17, 15) is 18.0 Å². The van der Waals surface area contributed by atoms with Crippen LogP contribution < -0.4 is 15.4 Å². The average Bonchev–Trinajstić information content (AvgIpc) is 3.17. The fourth-order valence-electron chi connectivity index (χ4n) is 3.23. The molecule has 3 rings (SSSR count). The predicted octanol–water partition coefficient (Wildman–Crippen LogP) is 2.85. The molecule has 1 aliphatic rings. The Morgan fingerprint density at radius 1 is 1.33 bits per heavy atom. The Balaban J connectivity index is 1.82. The lowest BCUT2D eigenvalue weighted by molar-refractivity contribution is -0.153. The van der Waals surface area contributed by atoms with E-state index >= 15 is 0 Å². The van der Waals surface area contributed by atoms with Crippen molar-refractivity contribution in [1.29, 1.82) is 0 Å². The van der Waals surface area contributed by atoms with Gasteiger partial charge in [-0.3, -0.25) is 9.48 Å². The maximum absolute atomic E-state index is 13.1. The van der Waals surface area contributed by atoms with Crippen molar-refractivity contribution in [1.82, 2.24) is 15.1 Å². The van der Waals surface area contributed by atoms with E-state index in [1.165, 1.54) is 6.07 Å². The number of aromatic nitrogens is 2. The Bertz CT molecular complexity index is 784. The second-order valence-electron chi connectivity index (χ2n) is 6.52. The van der Waals surface area contributed by atoms with Crippen LogP contribution in [0.1, 0.15) is 18.4 Å². The summed E-state index contributed by atoms with van der Waals surface area (Å²) in [4.78, 5) is 13.1. The van der Waals surface area contributed by atoms with Crippen molar-refractivity contribution < 1.29 is 22.7 Å². The molecule has 1 fully saturated rings. The number of hydrogen-bond acceptors (Lipinski definition) is 4. The molecule has 0 spiro atoms. The van der Waals surface area contributed by atoms with E-state index in [0.29, 0.717) is 37.2 Å². The van der Waals surface area contributed by atoms with Crippen LogP contribution in [0.25, 0.3) is 0 Å². The van der Waals surface area contributed by atoms with Crippen LogP contribution >= 0.6 is 0 Å². The third kappa shape index (κ3) is 4.24. The van der Waals surface area contributed by atoms with Gasteiger partial charge in [-0.05, 0) is 51.1 Å². The van der Waals surface area contributed by atoms with E-state index in [1.54, 1.807) is 42.2 Å². The summed E-state index contributed by atoms with van der Waals surface area (Å²) >= 11 is 0. The van der Waals surface area contributed by atoms with Gasteiger partial charge in [-0.1, -0.05) is 6.07 Å². The highest BCUT2D eigenvalue weighted by atomic mass is 19.4. The van der Waals surface area contributed by atoms with Crippen LogP contribution in [0, 0.1) is 6.92 Å². The minimum Gasteiger partial charge on any atom is -0.484 e. The van der Waals surface area contributed by atoms with Gasteiger partial charge in [-0.25, -0.2) is 0 Å². The number of rotatable bonds is 5.